The van der Waals surface area contributed by atoms with Crippen LogP contribution < -0.4 is 5.73 Å². The Bertz CT molecular complexity index is 305. The van der Waals surface area contributed by atoms with Gasteiger partial charge in [0.1, 0.15) is 0 Å². The molecular weight excluding hydrogens is 325 g/mol. The largest absolute Gasteiger partial charge is 0.379 e. The van der Waals surface area contributed by atoms with Gasteiger partial charge in [-0.25, -0.2) is 0 Å². The number of carbonyl (C=O) groups is 1. The molecule has 0 bridgehead atoms. The summed E-state index contributed by atoms with van der Waals surface area (Å²) >= 11 is 0. The molecule has 132 valence electrons. The first kappa shape index (κ1) is 21.9. The van der Waals surface area contributed by atoms with E-state index in [1.54, 1.807) is 0 Å². The van der Waals surface area contributed by atoms with Gasteiger partial charge in [0, 0.05) is 45.2 Å². The molecule has 0 aliphatic carbocycles. The minimum Gasteiger partial charge on any atom is -0.379 e. The number of nitrogens with two attached hydrogens (primary N) is 1. The molecule has 2 rings (SSSR count). The molecule has 2 N–H and O–H groups in total. The highest BCUT2D eigenvalue weighted by atomic mass is 35.5. The van der Waals surface area contributed by atoms with Crippen molar-refractivity contribution < 1.29 is 9.53 Å². The minimum absolute atomic E-state index is 0. The van der Waals surface area contributed by atoms with E-state index >= 15 is 0 Å². The van der Waals surface area contributed by atoms with E-state index in [2.05, 4.69) is 4.90 Å². The van der Waals surface area contributed by atoms with Crippen LogP contribution in [0.5, 0.6) is 0 Å². The Morgan fingerprint density at radius 3 is 2.32 bits per heavy atom. The van der Waals surface area contributed by atoms with E-state index in [0.29, 0.717) is 6.42 Å². The zero-order chi connectivity index (χ0) is 14.4. The summed E-state index contributed by atoms with van der Waals surface area (Å²) in [6.07, 6.45) is 3.68. The van der Waals surface area contributed by atoms with Crippen LogP contribution in [0.2, 0.25) is 0 Å². The predicted octanol–water partition coefficient (Wildman–Crippen LogP) is 1.53. The van der Waals surface area contributed by atoms with E-state index in [1.807, 2.05) is 11.8 Å². The maximum atomic E-state index is 12.0. The summed E-state index contributed by atoms with van der Waals surface area (Å²) in [6.45, 7) is 8.84. The van der Waals surface area contributed by atoms with Crippen LogP contribution in [0.4, 0.5) is 0 Å². The van der Waals surface area contributed by atoms with Gasteiger partial charge in [0.25, 0.3) is 0 Å². The topological polar surface area (TPSA) is 58.8 Å². The molecule has 0 radical (unpaired) electrons. The van der Waals surface area contributed by atoms with Crippen molar-refractivity contribution in [3.05, 3.63) is 0 Å². The molecule has 2 aliphatic heterocycles. The quantitative estimate of drug-likeness (QED) is 0.812. The number of rotatable bonds is 5. The Hall–Kier alpha value is -0.0700. The van der Waals surface area contributed by atoms with Crippen LogP contribution in [0, 0.1) is 5.92 Å². The lowest BCUT2D eigenvalue weighted by atomic mass is 9.95. The van der Waals surface area contributed by atoms with Crippen molar-refractivity contribution in [2.75, 3.05) is 45.9 Å². The molecule has 0 aromatic heterocycles. The maximum Gasteiger partial charge on any atom is 0.222 e. The number of nitrogens with zero attached hydrogens (tertiary/aromatic N) is 2. The van der Waals surface area contributed by atoms with Crippen molar-refractivity contribution in [2.45, 2.75) is 38.6 Å². The van der Waals surface area contributed by atoms with Crippen LogP contribution in [0.25, 0.3) is 0 Å². The van der Waals surface area contributed by atoms with Crippen LogP contribution in [0.1, 0.15) is 32.6 Å². The molecule has 1 unspecified atom stereocenters. The van der Waals surface area contributed by atoms with Gasteiger partial charge in [0.2, 0.25) is 5.91 Å². The van der Waals surface area contributed by atoms with E-state index in [4.69, 9.17) is 10.5 Å². The molecular formula is C15H31Cl2N3O2. The lowest BCUT2D eigenvalue weighted by Gasteiger charge is -2.36. The van der Waals surface area contributed by atoms with Crippen molar-refractivity contribution in [2.24, 2.45) is 11.7 Å². The molecule has 2 saturated heterocycles. The van der Waals surface area contributed by atoms with Crippen LogP contribution in [0.3, 0.4) is 0 Å². The van der Waals surface area contributed by atoms with E-state index in [0.717, 1.165) is 64.6 Å². The summed E-state index contributed by atoms with van der Waals surface area (Å²) in [4.78, 5) is 16.6. The third-order valence-corrected chi connectivity index (χ3v) is 4.40. The van der Waals surface area contributed by atoms with Crippen molar-refractivity contribution in [3.63, 3.8) is 0 Å². The van der Waals surface area contributed by atoms with Gasteiger partial charge in [-0.2, -0.15) is 0 Å². The van der Waals surface area contributed by atoms with Crippen molar-refractivity contribution >= 4 is 30.7 Å². The van der Waals surface area contributed by atoms with E-state index in [-0.39, 0.29) is 36.8 Å². The van der Waals surface area contributed by atoms with Crippen molar-refractivity contribution in [1.29, 1.82) is 0 Å². The number of likely N-dealkylation sites (tertiary alicyclic amines) is 1. The SMILES string of the molecule is CC(N)CCC(=O)N1CCC(CN2CCOCC2)CC1.Cl.Cl. The zero-order valence-corrected chi connectivity index (χ0v) is 15.2. The fourth-order valence-electron chi connectivity index (χ4n) is 3.02. The Morgan fingerprint density at radius 2 is 1.77 bits per heavy atom. The molecule has 2 heterocycles. The molecule has 0 spiro atoms. The van der Waals surface area contributed by atoms with Gasteiger partial charge < -0.3 is 15.4 Å². The van der Waals surface area contributed by atoms with Crippen LogP contribution >= 0.6 is 24.8 Å². The molecule has 0 saturated carbocycles. The Balaban J connectivity index is 0.00000220. The summed E-state index contributed by atoms with van der Waals surface area (Å²) in [5, 5.41) is 0. The van der Waals surface area contributed by atoms with Gasteiger partial charge >= 0.3 is 0 Å². The Morgan fingerprint density at radius 1 is 1.18 bits per heavy atom. The molecule has 1 atom stereocenters. The monoisotopic (exact) mass is 355 g/mol. The summed E-state index contributed by atoms with van der Waals surface area (Å²) < 4.78 is 5.38. The van der Waals surface area contributed by atoms with Gasteiger partial charge in [0.05, 0.1) is 13.2 Å². The smallest absolute Gasteiger partial charge is 0.222 e. The number of morpholine rings is 1. The summed E-state index contributed by atoms with van der Waals surface area (Å²) in [6, 6.07) is 0.123. The second kappa shape index (κ2) is 11.5. The molecule has 0 aromatic carbocycles. The molecule has 5 nitrogen and oxygen atoms in total. The van der Waals surface area contributed by atoms with Crippen LogP contribution in [-0.4, -0.2) is 67.7 Å². The lowest BCUT2D eigenvalue weighted by Crippen LogP contribution is -2.44. The van der Waals surface area contributed by atoms with Gasteiger partial charge in [-0.15, -0.1) is 24.8 Å². The molecule has 0 aromatic rings. The summed E-state index contributed by atoms with van der Waals surface area (Å²) in [7, 11) is 0. The number of piperidine rings is 1. The standard InChI is InChI=1S/C15H29N3O2.2ClH/c1-13(16)2-3-15(19)18-6-4-14(5-7-18)12-17-8-10-20-11-9-17;;/h13-14H,2-12,16H2,1H3;2*1H. The normalized spacial score (nSPS) is 21.6. The van der Waals surface area contributed by atoms with E-state index in [9.17, 15) is 4.79 Å². The Kier molecular flexibility index (Phi) is 11.4. The average molecular weight is 356 g/mol. The van der Waals surface area contributed by atoms with Crippen LogP contribution in [0.15, 0.2) is 0 Å². The number of ether oxygens (including phenoxy) is 1. The maximum absolute atomic E-state index is 12.0. The highest BCUT2D eigenvalue weighted by molar-refractivity contribution is 5.85. The molecule has 2 fully saturated rings. The summed E-state index contributed by atoms with van der Waals surface area (Å²) in [5.41, 5.74) is 5.71. The number of hydrogen-bond donors (Lipinski definition) is 1. The molecule has 22 heavy (non-hydrogen) atoms. The van der Waals surface area contributed by atoms with Gasteiger partial charge in [0.15, 0.2) is 0 Å². The second-order valence-electron chi connectivity index (χ2n) is 6.25. The lowest BCUT2D eigenvalue weighted by molar-refractivity contribution is -0.132. The fourth-order valence-corrected chi connectivity index (χ4v) is 3.02. The second-order valence-corrected chi connectivity index (χ2v) is 6.25. The first-order chi connectivity index (χ1) is 9.65. The molecule has 2 aliphatic rings. The molecule has 7 heteroatoms. The van der Waals surface area contributed by atoms with Crippen molar-refractivity contribution in [3.8, 4) is 0 Å². The first-order valence-electron chi connectivity index (χ1n) is 7.98. The fraction of sp³-hybridized carbons (Fsp3) is 0.933. The first-order valence-corrected chi connectivity index (χ1v) is 7.98. The van der Waals surface area contributed by atoms with Crippen molar-refractivity contribution in [1.82, 2.24) is 9.80 Å². The zero-order valence-electron chi connectivity index (χ0n) is 13.5. The average Bonchev–Trinajstić information content (AvgIpc) is 2.46. The van der Waals surface area contributed by atoms with E-state index in [1.165, 1.54) is 6.54 Å². The van der Waals surface area contributed by atoms with Gasteiger partial charge in [-0.1, -0.05) is 0 Å². The number of hydrogen-bond acceptors (Lipinski definition) is 4. The number of halogens is 2. The Labute approximate surface area is 146 Å². The highest BCUT2D eigenvalue weighted by Gasteiger charge is 2.24. The highest BCUT2D eigenvalue weighted by Crippen LogP contribution is 2.19. The van der Waals surface area contributed by atoms with Gasteiger partial charge in [-0.05, 0) is 32.1 Å². The molecule has 1 amide bonds. The predicted molar refractivity (Wildman–Crippen MR) is 93.9 cm³/mol. The van der Waals surface area contributed by atoms with Crippen LogP contribution in [-0.2, 0) is 9.53 Å². The summed E-state index contributed by atoms with van der Waals surface area (Å²) in [5.74, 6) is 1.03. The number of carbonyl (C=O) groups excluding carboxylic acids is 1. The minimum atomic E-state index is 0. The third-order valence-electron chi connectivity index (χ3n) is 4.40. The number of amides is 1. The van der Waals surface area contributed by atoms with E-state index < -0.39 is 0 Å². The van der Waals surface area contributed by atoms with Gasteiger partial charge in [-0.3, -0.25) is 9.69 Å². The third kappa shape index (κ3) is 7.47.